The minimum Gasteiger partial charge on any atom is -0.377 e. The molecule has 2 aromatic carbocycles. The van der Waals surface area contributed by atoms with Crippen molar-refractivity contribution in [2.24, 2.45) is 0 Å². The van der Waals surface area contributed by atoms with Crippen LogP contribution in [0.3, 0.4) is 0 Å². The summed E-state index contributed by atoms with van der Waals surface area (Å²) in [5, 5.41) is 3.19. The predicted octanol–water partition coefficient (Wildman–Crippen LogP) is 4.29. The number of hydrogen-bond acceptors (Lipinski definition) is 3. The fraction of sp³-hybridized carbons (Fsp3) is 0.167. The van der Waals surface area contributed by atoms with E-state index in [9.17, 15) is 9.59 Å². The third-order valence-corrected chi connectivity index (χ3v) is 5.20. The lowest BCUT2D eigenvalue weighted by atomic mass is 9.92. The van der Waals surface area contributed by atoms with Crippen LogP contribution in [0.4, 0.5) is 0 Å². The number of hydrogen-bond donors (Lipinski definition) is 1. The van der Waals surface area contributed by atoms with Crippen LogP contribution in [0.2, 0.25) is 0 Å². The topological polar surface area (TPSA) is 51.1 Å². The van der Waals surface area contributed by atoms with Gasteiger partial charge >= 0.3 is 0 Å². The monoisotopic (exact) mass is 370 g/mol. The molecule has 0 atom stereocenters. The van der Waals surface area contributed by atoms with Gasteiger partial charge < -0.3 is 9.88 Å². The molecule has 4 heteroatoms. The Labute approximate surface area is 164 Å². The molecule has 0 saturated heterocycles. The Balaban J connectivity index is 1.66. The highest BCUT2D eigenvalue weighted by molar-refractivity contribution is 6.26. The van der Waals surface area contributed by atoms with Gasteiger partial charge in [0.2, 0.25) is 11.6 Å². The maximum absolute atomic E-state index is 13.1. The molecule has 0 aliphatic heterocycles. The van der Waals surface area contributed by atoms with Gasteiger partial charge in [-0.2, -0.15) is 0 Å². The van der Waals surface area contributed by atoms with Crippen LogP contribution in [0, 0.1) is 6.92 Å². The first kappa shape index (κ1) is 18.0. The molecule has 4 rings (SSSR count). The van der Waals surface area contributed by atoms with E-state index in [1.807, 2.05) is 78.2 Å². The summed E-state index contributed by atoms with van der Waals surface area (Å²) in [6.45, 7) is 4.74. The van der Waals surface area contributed by atoms with Crippen LogP contribution in [-0.2, 0) is 13.1 Å². The summed E-state index contributed by atoms with van der Waals surface area (Å²) in [4.78, 5) is 26.3. The maximum atomic E-state index is 13.1. The predicted molar refractivity (Wildman–Crippen MR) is 109 cm³/mol. The van der Waals surface area contributed by atoms with E-state index in [-0.39, 0.29) is 11.6 Å². The fourth-order valence-electron chi connectivity index (χ4n) is 3.66. The normalized spacial score (nSPS) is 13.6. The van der Waals surface area contributed by atoms with Crippen molar-refractivity contribution in [1.29, 1.82) is 0 Å². The van der Waals surface area contributed by atoms with Crippen molar-refractivity contribution in [2.45, 2.75) is 26.9 Å². The zero-order chi connectivity index (χ0) is 19.7. The first-order valence-electron chi connectivity index (χ1n) is 9.38. The molecule has 4 nitrogen and oxygen atoms in total. The van der Waals surface area contributed by atoms with E-state index < -0.39 is 0 Å². The van der Waals surface area contributed by atoms with E-state index in [1.165, 1.54) is 0 Å². The highest BCUT2D eigenvalue weighted by Gasteiger charge is 2.33. The second kappa shape index (κ2) is 7.31. The summed E-state index contributed by atoms with van der Waals surface area (Å²) in [6, 6.07) is 21.6. The smallest absolute Gasteiger partial charge is 0.211 e. The molecule has 0 unspecified atom stereocenters. The zero-order valence-electron chi connectivity index (χ0n) is 16.0. The molecule has 1 heterocycles. The number of carbonyl (C=O) groups is 2. The Morgan fingerprint density at radius 3 is 2.07 bits per heavy atom. The first-order chi connectivity index (χ1) is 13.6. The van der Waals surface area contributed by atoms with E-state index in [2.05, 4.69) is 5.32 Å². The van der Waals surface area contributed by atoms with E-state index in [0.29, 0.717) is 35.6 Å². The van der Waals surface area contributed by atoms with Crippen LogP contribution in [-0.4, -0.2) is 16.1 Å². The lowest BCUT2D eigenvalue weighted by Gasteiger charge is -2.20. The molecule has 0 spiro atoms. The van der Waals surface area contributed by atoms with Gasteiger partial charge in [-0.15, -0.1) is 0 Å². The first-order valence-corrected chi connectivity index (χ1v) is 9.38. The number of ketones is 2. The van der Waals surface area contributed by atoms with Gasteiger partial charge in [-0.25, -0.2) is 0 Å². The largest absolute Gasteiger partial charge is 0.377 e. The molecular formula is C24H22N2O2. The van der Waals surface area contributed by atoms with Gasteiger partial charge in [0.15, 0.2) is 0 Å². The fourth-order valence-corrected chi connectivity index (χ4v) is 3.66. The molecule has 140 valence electrons. The molecule has 0 fully saturated rings. The second-order valence-corrected chi connectivity index (χ2v) is 7.12. The van der Waals surface area contributed by atoms with Crippen molar-refractivity contribution in [3.8, 4) is 0 Å². The van der Waals surface area contributed by atoms with Crippen molar-refractivity contribution in [1.82, 2.24) is 9.88 Å². The molecule has 1 aromatic heterocycles. The van der Waals surface area contributed by atoms with Gasteiger partial charge in [-0.05, 0) is 31.0 Å². The Morgan fingerprint density at radius 2 is 1.43 bits per heavy atom. The Morgan fingerprint density at radius 1 is 0.821 bits per heavy atom. The average Bonchev–Trinajstić information content (AvgIpc) is 3.04. The standard InChI is InChI=1S/C24H22N2O2/c1-16-13-20-22(26(16)15-19-11-7-4-8-12-19)23(27)17(2)21(24(20)28)25-14-18-9-5-3-6-10-18/h3-13,25H,14-15H2,1-2H3. The van der Waals surface area contributed by atoms with Gasteiger partial charge in [-0.1, -0.05) is 60.7 Å². The summed E-state index contributed by atoms with van der Waals surface area (Å²) < 4.78 is 1.95. The number of allylic oxidation sites excluding steroid dienone is 2. The van der Waals surface area contributed by atoms with Crippen LogP contribution >= 0.6 is 0 Å². The molecule has 3 aromatic rings. The van der Waals surface area contributed by atoms with Gasteiger partial charge in [0.25, 0.3) is 0 Å². The molecule has 28 heavy (non-hydrogen) atoms. The summed E-state index contributed by atoms with van der Waals surface area (Å²) in [6.07, 6.45) is 0. The molecule has 0 amide bonds. The summed E-state index contributed by atoms with van der Waals surface area (Å²) in [5.41, 5.74) is 4.92. The van der Waals surface area contributed by atoms with E-state index in [0.717, 1.165) is 16.8 Å². The van der Waals surface area contributed by atoms with Crippen LogP contribution in [0.25, 0.3) is 0 Å². The summed E-state index contributed by atoms with van der Waals surface area (Å²) in [5.74, 6) is -0.202. The van der Waals surface area contributed by atoms with Gasteiger partial charge in [0.05, 0.1) is 11.3 Å². The summed E-state index contributed by atoms with van der Waals surface area (Å²) in [7, 11) is 0. The minimum atomic E-state index is -0.113. The van der Waals surface area contributed by atoms with Gasteiger partial charge in [-0.3, -0.25) is 9.59 Å². The van der Waals surface area contributed by atoms with Crippen LogP contribution in [0.1, 0.15) is 44.6 Å². The molecule has 1 aliphatic rings. The molecule has 0 radical (unpaired) electrons. The second-order valence-electron chi connectivity index (χ2n) is 7.12. The molecular weight excluding hydrogens is 348 g/mol. The highest BCUT2D eigenvalue weighted by Crippen LogP contribution is 2.29. The third-order valence-electron chi connectivity index (χ3n) is 5.20. The number of benzene rings is 2. The van der Waals surface area contributed by atoms with Gasteiger partial charge in [0, 0.05) is 24.4 Å². The third kappa shape index (κ3) is 3.18. The molecule has 0 saturated carbocycles. The van der Waals surface area contributed by atoms with Crippen molar-refractivity contribution in [3.05, 3.63) is 106 Å². The number of rotatable bonds is 5. The number of Topliss-reactive ketones (excluding diaryl/α,β-unsaturated/α-hetero) is 2. The van der Waals surface area contributed by atoms with E-state index in [1.54, 1.807) is 6.92 Å². The summed E-state index contributed by atoms with van der Waals surface area (Å²) >= 11 is 0. The Bertz CT molecular complexity index is 1080. The van der Waals surface area contributed by atoms with Crippen molar-refractivity contribution < 1.29 is 9.59 Å². The number of fused-ring (bicyclic) bond motifs is 1. The van der Waals surface area contributed by atoms with Crippen LogP contribution in [0.15, 0.2) is 78.0 Å². The van der Waals surface area contributed by atoms with Crippen molar-refractivity contribution in [3.63, 3.8) is 0 Å². The van der Waals surface area contributed by atoms with Crippen molar-refractivity contribution >= 4 is 11.6 Å². The number of carbonyl (C=O) groups excluding carboxylic acids is 2. The number of nitrogens with one attached hydrogen (secondary N) is 1. The van der Waals surface area contributed by atoms with Crippen LogP contribution < -0.4 is 5.32 Å². The van der Waals surface area contributed by atoms with E-state index in [4.69, 9.17) is 0 Å². The van der Waals surface area contributed by atoms with Gasteiger partial charge in [0.1, 0.15) is 5.69 Å². The maximum Gasteiger partial charge on any atom is 0.211 e. The molecule has 0 bridgehead atoms. The Hall–Kier alpha value is -3.40. The SMILES string of the molecule is CC1=C(NCc2ccccc2)C(=O)c2cc(C)n(Cc3ccccc3)c2C1=O. The Kier molecular flexibility index (Phi) is 4.70. The van der Waals surface area contributed by atoms with Crippen molar-refractivity contribution in [2.75, 3.05) is 0 Å². The van der Waals surface area contributed by atoms with E-state index >= 15 is 0 Å². The highest BCUT2D eigenvalue weighted by atomic mass is 16.1. The molecule has 1 aliphatic carbocycles. The zero-order valence-corrected chi connectivity index (χ0v) is 16.0. The quantitative estimate of drug-likeness (QED) is 0.729. The lowest BCUT2D eigenvalue weighted by Crippen LogP contribution is -2.30. The number of nitrogens with zero attached hydrogens (tertiary/aromatic N) is 1. The number of aryl methyl sites for hydroxylation is 1. The molecule has 1 N–H and O–H groups in total. The number of aromatic nitrogens is 1. The van der Waals surface area contributed by atoms with Crippen LogP contribution in [0.5, 0.6) is 0 Å². The average molecular weight is 370 g/mol. The minimum absolute atomic E-state index is 0.0887. The lowest BCUT2D eigenvalue weighted by molar-refractivity contribution is 0.0963.